The van der Waals surface area contributed by atoms with Gasteiger partial charge < -0.3 is 15.4 Å². The Labute approximate surface area is 144 Å². The Bertz CT molecular complexity index is 407. The van der Waals surface area contributed by atoms with E-state index in [4.69, 9.17) is 4.74 Å². The second kappa shape index (κ2) is 9.62. The van der Waals surface area contributed by atoms with E-state index < -0.39 is 10.8 Å². The van der Waals surface area contributed by atoms with E-state index in [2.05, 4.69) is 36.4 Å². The summed E-state index contributed by atoms with van der Waals surface area (Å²) in [6.07, 6.45) is 4.42. The molecule has 0 aromatic carbocycles. The lowest BCUT2D eigenvalue weighted by atomic mass is 9.89. The highest BCUT2D eigenvalue weighted by molar-refractivity contribution is 7.85. The number of aliphatic imine (C=N–C) groups is 1. The van der Waals surface area contributed by atoms with Gasteiger partial charge in [-0.25, -0.2) is 0 Å². The van der Waals surface area contributed by atoms with Crippen molar-refractivity contribution in [1.82, 2.24) is 10.6 Å². The molecule has 0 heterocycles. The van der Waals surface area contributed by atoms with Gasteiger partial charge >= 0.3 is 0 Å². The van der Waals surface area contributed by atoms with Crippen molar-refractivity contribution in [2.24, 2.45) is 10.4 Å². The first-order chi connectivity index (χ1) is 10.8. The Hall–Kier alpha value is -0.620. The summed E-state index contributed by atoms with van der Waals surface area (Å²) in [6, 6.07) is 0.353. The van der Waals surface area contributed by atoms with Crippen LogP contribution in [0.4, 0.5) is 0 Å². The number of nitrogens with one attached hydrogen (secondary N) is 2. The summed E-state index contributed by atoms with van der Waals surface area (Å²) in [7, 11) is 2.84. The summed E-state index contributed by atoms with van der Waals surface area (Å²) >= 11 is 0. The molecule has 1 aliphatic carbocycles. The van der Waals surface area contributed by atoms with Crippen molar-refractivity contribution in [3.63, 3.8) is 0 Å². The number of methoxy groups -OCH3 is 1. The number of guanidine groups is 1. The van der Waals surface area contributed by atoms with Crippen LogP contribution in [-0.2, 0) is 15.5 Å². The van der Waals surface area contributed by atoms with Crippen LogP contribution >= 0.6 is 0 Å². The van der Waals surface area contributed by atoms with Crippen molar-refractivity contribution in [2.45, 2.75) is 70.8 Å². The molecule has 23 heavy (non-hydrogen) atoms. The maximum Gasteiger partial charge on any atom is 0.191 e. The first-order valence-electron chi connectivity index (χ1n) is 8.69. The molecule has 0 bridgehead atoms. The Kier molecular flexibility index (Phi) is 8.54. The van der Waals surface area contributed by atoms with E-state index in [1.54, 1.807) is 14.2 Å². The van der Waals surface area contributed by atoms with Gasteiger partial charge in [0.25, 0.3) is 0 Å². The maximum atomic E-state index is 12.1. The highest BCUT2D eigenvalue weighted by atomic mass is 32.2. The van der Waals surface area contributed by atoms with Gasteiger partial charge in [0.2, 0.25) is 0 Å². The lowest BCUT2D eigenvalue weighted by Gasteiger charge is -2.32. The zero-order chi connectivity index (χ0) is 17.5. The SMILES string of the molecule is CCS(=O)C1CCCC(NC(=NC)NCC(OC)C(C)(C)C)C1. The predicted molar refractivity (Wildman–Crippen MR) is 99.5 cm³/mol. The first kappa shape index (κ1) is 20.4. The molecule has 0 radical (unpaired) electrons. The summed E-state index contributed by atoms with van der Waals surface area (Å²) in [5.74, 6) is 1.56. The second-order valence-electron chi connectivity index (χ2n) is 7.34. The zero-order valence-corrected chi connectivity index (χ0v) is 16.5. The van der Waals surface area contributed by atoms with Gasteiger partial charge in [0.1, 0.15) is 0 Å². The maximum absolute atomic E-state index is 12.1. The third-order valence-electron chi connectivity index (χ3n) is 4.55. The fourth-order valence-electron chi connectivity index (χ4n) is 3.07. The van der Waals surface area contributed by atoms with Gasteiger partial charge in [0.05, 0.1) is 6.10 Å². The Morgan fingerprint density at radius 3 is 2.61 bits per heavy atom. The molecule has 1 rings (SSSR count). The van der Waals surface area contributed by atoms with Gasteiger partial charge in [-0.05, 0) is 24.7 Å². The molecule has 0 spiro atoms. The molecule has 6 heteroatoms. The van der Waals surface area contributed by atoms with E-state index in [1.165, 1.54) is 0 Å². The summed E-state index contributed by atoms with van der Waals surface area (Å²) < 4.78 is 17.6. The van der Waals surface area contributed by atoms with Crippen LogP contribution in [0.2, 0.25) is 0 Å². The molecule has 2 N–H and O–H groups in total. The summed E-state index contributed by atoms with van der Waals surface area (Å²) in [4.78, 5) is 4.32. The van der Waals surface area contributed by atoms with E-state index in [9.17, 15) is 4.21 Å². The van der Waals surface area contributed by atoms with E-state index in [0.717, 1.165) is 43.9 Å². The third kappa shape index (κ3) is 6.79. The minimum absolute atomic E-state index is 0.0779. The standard InChI is InChI=1S/C17H35N3O2S/c1-7-23(21)14-10-8-9-13(11-14)20-16(18-5)19-12-15(22-6)17(2,3)4/h13-15H,7-12H2,1-6H3,(H2,18,19,20). The third-order valence-corrected chi connectivity index (χ3v) is 6.29. The number of rotatable bonds is 6. The van der Waals surface area contributed by atoms with Crippen molar-refractivity contribution in [3.8, 4) is 0 Å². The van der Waals surface area contributed by atoms with Gasteiger partial charge in [-0.15, -0.1) is 0 Å². The number of nitrogens with zero attached hydrogens (tertiary/aromatic N) is 1. The largest absolute Gasteiger partial charge is 0.379 e. The monoisotopic (exact) mass is 345 g/mol. The molecule has 4 unspecified atom stereocenters. The molecule has 1 saturated carbocycles. The predicted octanol–water partition coefficient (Wildman–Crippen LogP) is 2.29. The van der Waals surface area contributed by atoms with Crippen LogP contribution in [0, 0.1) is 5.41 Å². The van der Waals surface area contributed by atoms with Crippen LogP contribution in [-0.4, -0.2) is 54.0 Å². The molecular weight excluding hydrogens is 310 g/mol. The molecule has 1 fully saturated rings. The quantitative estimate of drug-likeness (QED) is 0.573. The van der Waals surface area contributed by atoms with Gasteiger partial charge in [-0.2, -0.15) is 0 Å². The zero-order valence-electron chi connectivity index (χ0n) is 15.6. The molecule has 0 saturated heterocycles. The minimum atomic E-state index is -0.695. The van der Waals surface area contributed by atoms with Crippen molar-refractivity contribution in [3.05, 3.63) is 0 Å². The molecule has 0 amide bonds. The fourth-order valence-corrected chi connectivity index (χ4v) is 4.42. The highest BCUT2D eigenvalue weighted by Gasteiger charge is 2.27. The summed E-state index contributed by atoms with van der Waals surface area (Å²) in [5, 5.41) is 7.19. The Balaban J connectivity index is 2.51. The molecule has 0 aromatic rings. The van der Waals surface area contributed by atoms with E-state index in [0.29, 0.717) is 11.3 Å². The molecule has 1 aliphatic rings. The Morgan fingerprint density at radius 2 is 2.09 bits per heavy atom. The van der Waals surface area contributed by atoms with Gasteiger partial charge in [0, 0.05) is 48.5 Å². The van der Waals surface area contributed by atoms with Crippen LogP contribution in [0.15, 0.2) is 4.99 Å². The fraction of sp³-hybridized carbons (Fsp3) is 0.941. The minimum Gasteiger partial charge on any atom is -0.379 e. The van der Waals surface area contributed by atoms with Crippen LogP contribution in [0.1, 0.15) is 53.4 Å². The molecule has 5 nitrogen and oxygen atoms in total. The van der Waals surface area contributed by atoms with Crippen LogP contribution < -0.4 is 10.6 Å². The average Bonchev–Trinajstić information content (AvgIpc) is 2.52. The lowest BCUT2D eigenvalue weighted by molar-refractivity contribution is 0.0205. The first-order valence-corrected chi connectivity index (χ1v) is 10.1. The summed E-state index contributed by atoms with van der Waals surface area (Å²) in [6.45, 7) is 9.24. The van der Waals surface area contributed by atoms with Crippen molar-refractivity contribution >= 4 is 16.8 Å². The van der Waals surface area contributed by atoms with Crippen molar-refractivity contribution in [1.29, 1.82) is 0 Å². The summed E-state index contributed by atoms with van der Waals surface area (Å²) in [5.41, 5.74) is 0.0779. The average molecular weight is 346 g/mol. The number of hydrogen-bond acceptors (Lipinski definition) is 3. The van der Waals surface area contributed by atoms with Crippen molar-refractivity contribution < 1.29 is 8.95 Å². The Morgan fingerprint density at radius 1 is 1.39 bits per heavy atom. The highest BCUT2D eigenvalue weighted by Crippen LogP contribution is 2.23. The van der Waals surface area contributed by atoms with E-state index >= 15 is 0 Å². The van der Waals surface area contributed by atoms with Gasteiger partial charge in [-0.3, -0.25) is 9.20 Å². The molecule has 4 atom stereocenters. The van der Waals surface area contributed by atoms with E-state index in [1.807, 2.05) is 6.92 Å². The topological polar surface area (TPSA) is 62.7 Å². The molecular formula is C17H35N3O2S. The van der Waals surface area contributed by atoms with Crippen LogP contribution in [0.3, 0.4) is 0 Å². The second-order valence-corrected chi connectivity index (χ2v) is 9.35. The molecule has 0 aliphatic heterocycles. The molecule has 136 valence electrons. The lowest BCUT2D eigenvalue weighted by Crippen LogP contribution is -2.49. The van der Waals surface area contributed by atoms with Gasteiger partial charge in [0.15, 0.2) is 5.96 Å². The number of hydrogen-bond donors (Lipinski definition) is 2. The molecule has 0 aromatic heterocycles. The van der Waals surface area contributed by atoms with Crippen LogP contribution in [0.25, 0.3) is 0 Å². The van der Waals surface area contributed by atoms with Crippen LogP contribution in [0.5, 0.6) is 0 Å². The normalized spacial score (nSPS) is 25.7. The van der Waals surface area contributed by atoms with E-state index in [-0.39, 0.29) is 11.5 Å². The van der Waals surface area contributed by atoms with Crippen molar-refractivity contribution in [2.75, 3.05) is 26.5 Å². The number of ether oxygens (including phenoxy) is 1. The smallest absolute Gasteiger partial charge is 0.191 e. The van der Waals surface area contributed by atoms with Gasteiger partial charge in [-0.1, -0.05) is 34.1 Å².